The minimum atomic E-state index is -0.840. The molecule has 0 bridgehead atoms. The van der Waals surface area contributed by atoms with Gasteiger partial charge in [-0.1, -0.05) is 0 Å². The van der Waals surface area contributed by atoms with Gasteiger partial charge in [0.2, 0.25) is 0 Å². The van der Waals surface area contributed by atoms with Gasteiger partial charge in [0.15, 0.2) is 17.0 Å². The van der Waals surface area contributed by atoms with Gasteiger partial charge in [-0.25, -0.2) is 15.0 Å². The van der Waals surface area contributed by atoms with Crippen molar-refractivity contribution in [1.29, 1.82) is 0 Å². The molecule has 1 atom stereocenters. The highest BCUT2D eigenvalue weighted by Gasteiger charge is 2.21. The van der Waals surface area contributed by atoms with E-state index >= 15 is 0 Å². The van der Waals surface area contributed by atoms with Gasteiger partial charge in [0, 0.05) is 32.7 Å². The molecule has 1 unspecified atom stereocenters. The summed E-state index contributed by atoms with van der Waals surface area (Å²) in [6.45, 7) is 4.19. The third-order valence-corrected chi connectivity index (χ3v) is 4.09. The Balaban J connectivity index is 1.80. The molecule has 3 N–H and O–H groups in total. The van der Waals surface area contributed by atoms with Gasteiger partial charge in [0.25, 0.3) is 0 Å². The Morgan fingerprint density at radius 2 is 1.87 bits per heavy atom. The van der Waals surface area contributed by atoms with E-state index in [1.165, 1.54) is 6.33 Å². The Kier molecular flexibility index (Phi) is 5.01. The van der Waals surface area contributed by atoms with Crippen molar-refractivity contribution in [1.82, 2.24) is 24.4 Å². The van der Waals surface area contributed by atoms with Crippen molar-refractivity contribution in [3.63, 3.8) is 0 Å². The number of aromatic nitrogens is 4. The highest BCUT2D eigenvalue weighted by atomic mass is 16.3. The monoisotopic (exact) mass is 322 g/mol. The number of hydrogen-bond acceptors (Lipinski definition) is 8. The molecule has 126 valence electrons. The summed E-state index contributed by atoms with van der Waals surface area (Å²) < 4.78 is 1.73. The van der Waals surface area contributed by atoms with Crippen LogP contribution in [0.15, 0.2) is 12.7 Å². The van der Waals surface area contributed by atoms with Crippen LogP contribution >= 0.6 is 0 Å². The predicted molar refractivity (Wildman–Crippen MR) is 84.2 cm³/mol. The molecule has 1 saturated heterocycles. The molecule has 0 aliphatic carbocycles. The van der Waals surface area contributed by atoms with E-state index in [4.69, 9.17) is 10.2 Å². The van der Waals surface area contributed by atoms with Gasteiger partial charge in [-0.3, -0.25) is 4.90 Å². The molecule has 0 saturated carbocycles. The Hall–Kier alpha value is -1.81. The van der Waals surface area contributed by atoms with Crippen LogP contribution in [0.1, 0.15) is 0 Å². The molecule has 1 aliphatic rings. The number of aliphatic hydroxyl groups is 3. The summed E-state index contributed by atoms with van der Waals surface area (Å²) in [6, 6.07) is 0. The quantitative estimate of drug-likeness (QED) is 0.577. The standard InChI is InChI=1S/C14H22N6O3/c21-6-5-18-1-3-19(4-2-18)13-12-14(16-9-15-13)20(10-17-12)7-11(23)8-22/h9-11,21-23H,1-8H2. The average Bonchev–Trinajstić information content (AvgIpc) is 2.99. The number of imidazole rings is 1. The van der Waals surface area contributed by atoms with E-state index in [0.717, 1.165) is 32.0 Å². The van der Waals surface area contributed by atoms with E-state index in [1.807, 2.05) is 0 Å². The third kappa shape index (κ3) is 3.42. The molecule has 3 rings (SSSR count). The molecule has 23 heavy (non-hydrogen) atoms. The lowest BCUT2D eigenvalue weighted by Gasteiger charge is -2.34. The van der Waals surface area contributed by atoms with Gasteiger partial charge < -0.3 is 24.8 Å². The van der Waals surface area contributed by atoms with E-state index in [0.29, 0.717) is 17.7 Å². The van der Waals surface area contributed by atoms with Crippen LogP contribution in [-0.4, -0.2) is 91.8 Å². The van der Waals surface area contributed by atoms with Crippen LogP contribution in [0.5, 0.6) is 0 Å². The van der Waals surface area contributed by atoms with Gasteiger partial charge in [-0.15, -0.1) is 0 Å². The fourth-order valence-corrected chi connectivity index (χ4v) is 2.84. The number of piperazine rings is 1. The van der Waals surface area contributed by atoms with Crippen LogP contribution in [0.4, 0.5) is 5.82 Å². The molecule has 9 nitrogen and oxygen atoms in total. The molecular weight excluding hydrogens is 300 g/mol. The second-order valence-corrected chi connectivity index (χ2v) is 5.66. The normalized spacial score (nSPS) is 17.8. The number of hydrogen-bond donors (Lipinski definition) is 3. The summed E-state index contributed by atoms with van der Waals surface area (Å²) in [5.74, 6) is 0.788. The fraction of sp³-hybridized carbons (Fsp3) is 0.643. The lowest BCUT2D eigenvalue weighted by atomic mass is 10.3. The zero-order valence-electron chi connectivity index (χ0n) is 12.9. The van der Waals surface area contributed by atoms with Crippen LogP contribution in [-0.2, 0) is 6.54 Å². The topological polar surface area (TPSA) is 111 Å². The predicted octanol–water partition coefficient (Wildman–Crippen LogP) is -1.71. The molecular formula is C14H22N6O3. The Morgan fingerprint density at radius 1 is 1.09 bits per heavy atom. The summed E-state index contributed by atoms with van der Waals surface area (Å²) in [5, 5.41) is 27.6. The van der Waals surface area contributed by atoms with Gasteiger partial charge in [-0.05, 0) is 0 Å². The smallest absolute Gasteiger partial charge is 0.165 e. The number of rotatable bonds is 6. The van der Waals surface area contributed by atoms with Crippen LogP contribution in [0.3, 0.4) is 0 Å². The van der Waals surface area contributed by atoms with Crippen LogP contribution < -0.4 is 4.90 Å². The first kappa shape index (κ1) is 16.1. The largest absolute Gasteiger partial charge is 0.395 e. The number of anilines is 1. The average molecular weight is 322 g/mol. The molecule has 1 aliphatic heterocycles. The van der Waals surface area contributed by atoms with Crippen LogP contribution in [0, 0.1) is 0 Å². The molecule has 0 aromatic carbocycles. The maximum atomic E-state index is 9.61. The molecule has 2 aromatic heterocycles. The first-order valence-corrected chi connectivity index (χ1v) is 7.76. The SMILES string of the molecule is OCCN1CCN(c2ncnc3c2ncn3CC(O)CO)CC1. The molecule has 0 amide bonds. The van der Waals surface area contributed by atoms with Crippen molar-refractivity contribution >= 4 is 17.0 Å². The summed E-state index contributed by atoms with van der Waals surface area (Å²) >= 11 is 0. The lowest BCUT2D eigenvalue weighted by Crippen LogP contribution is -2.47. The molecule has 0 radical (unpaired) electrons. The number of aliphatic hydroxyl groups excluding tert-OH is 3. The zero-order valence-corrected chi connectivity index (χ0v) is 12.9. The molecule has 1 fully saturated rings. The van der Waals surface area contributed by atoms with Crippen LogP contribution in [0.25, 0.3) is 11.2 Å². The van der Waals surface area contributed by atoms with Gasteiger partial charge in [0.1, 0.15) is 6.33 Å². The highest BCUT2D eigenvalue weighted by molar-refractivity contribution is 5.83. The highest BCUT2D eigenvalue weighted by Crippen LogP contribution is 2.22. The van der Waals surface area contributed by atoms with Crippen molar-refractivity contribution in [2.45, 2.75) is 12.6 Å². The maximum Gasteiger partial charge on any atom is 0.165 e. The van der Waals surface area contributed by atoms with E-state index in [-0.39, 0.29) is 19.8 Å². The lowest BCUT2D eigenvalue weighted by molar-refractivity contribution is 0.0820. The van der Waals surface area contributed by atoms with Crippen molar-refractivity contribution in [3.8, 4) is 0 Å². The molecule has 9 heteroatoms. The minimum absolute atomic E-state index is 0.176. The molecule has 2 aromatic rings. The summed E-state index contributed by atoms with van der Waals surface area (Å²) in [6.07, 6.45) is 2.28. The van der Waals surface area contributed by atoms with Crippen molar-refractivity contribution in [2.75, 3.05) is 50.8 Å². The Labute approximate surface area is 133 Å². The minimum Gasteiger partial charge on any atom is -0.395 e. The molecule has 0 spiro atoms. The van der Waals surface area contributed by atoms with E-state index in [1.54, 1.807) is 10.9 Å². The van der Waals surface area contributed by atoms with Crippen LogP contribution in [0.2, 0.25) is 0 Å². The maximum absolute atomic E-state index is 9.61. The van der Waals surface area contributed by atoms with Gasteiger partial charge >= 0.3 is 0 Å². The fourth-order valence-electron chi connectivity index (χ4n) is 2.84. The Morgan fingerprint density at radius 3 is 2.57 bits per heavy atom. The van der Waals surface area contributed by atoms with Crippen molar-refractivity contribution in [2.24, 2.45) is 0 Å². The van der Waals surface area contributed by atoms with Crippen molar-refractivity contribution < 1.29 is 15.3 Å². The Bertz CT molecular complexity index is 640. The second-order valence-electron chi connectivity index (χ2n) is 5.66. The van der Waals surface area contributed by atoms with E-state index in [9.17, 15) is 5.11 Å². The number of β-amino-alcohol motifs (C(OH)–C–C–N with tert-alkyl or cyclic N) is 1. The number of fused-ring (bicyclic) bond motifs is 1. The summed E-state index contributed by atoms with van der Waals surface area (Å²) in [7, 11) is 0. The summed E-state index contributed by atoms with van der Waals surface area (Å²) in [4.78, 5) is 17.4. The van der Waals surface area contributed by atoms with Gasteiger partial charge in [0.05, 0.1) is 32.2 Å². The summed E-state index contributed by atoms with van der Waals surface area (Å²) in [5.41, 5.74) is 1.36. The second kappa shape index (κ2) is 7.18. The first-order valence-electron chi connectivity index (χ1n) is 7.76. The van der Waals surface area contributed by atoms with Crippen molar-refractivity contribution in [3.05, 3.63) is 12.7 Å². The number of nitrogens with zero attached hydrogens (tertiary/aromatic N) is 6. The third-order valence-electron chi connectivity index (χ3n) is 4.09. The zero-order chi connectivity index (χ0) is 16.2. The molecule has 3 heterocycles. The first-order chi connectivity index (χ1) is 11.2. The van der Waals surface area contributed by atoms with E-state index < -0.39 is 6.10 Å². The van der Waals surface area contributed by atoms with E-state index in [2.05, 4.69) is 24.8 Å². The van der Waals surface area contributed by atoms with Gasteiger partial charge in [-0.2, -0.15) is 0 Å².